The Morgan fingerprint density at radius 3 is 2.74 bits per heavy atom. The molecule has 0 radical (unpaired) electrons. The lowest BCUT2D eigenvalue weighted by Crippen LogP contribution is -2.19. The summed E-state index contributed by atoms with van der Waals surface area (Å²) >= 11 is 1.24. The number of hydrogen-bond donors (Lipinski definition) is 0. The van der Waals surface area contributed by atoms with Gasteiger partial charge in [-0.25, -0.2) is 13.4 Å². The van der Waals surface area contributed by atoms with Crippen LogP contribution in [-0.4, -0.2) is 19.2 Å². The first kappa shape index (κ1) is 20.0. The SMILES string of the molecule is CC(C=CC1=C(C)CCCC1(C)C)=CCS(=O)(=O)c1nc2ccccc2s1. The maximum absolute atomic E-state index is 12.6. The average molecular weight is 402 g/mol. The van der Waals surface area contributed by atoms with Gasteiger partial charge in [0.05, 0.1) is 16.0 Å². The molecule has 1 heterocycles. The molecule has 0 atom stereocenters. The minimum absolute atomic E-state index is 0.0234. The molecule has 5 heteroatoms. The second kappa shape index (κ2) is 7.72. The summed E-state index contributed by atoms with van der Waals surface area (Å²) in [5.41, 5.74) is 4.71. The van der Waals surface area contributed by atoms with Crippen LogP contribution in [0.5, 0.6) is 0 Å². The summed E-state index contributed by atoms with van der Waals surface area (Å²) in [7, 11) is -3.41. The average Bonchev–Trinajstić information content (AvgIpc) is 3.04. The number of fused-ring (bicyclic) bond motifs is 1. The fourth-order valence-electron chi connectivity index (χ4n) is 3.59. The van der Waals surface area contributed by atoms with Gasteiger partial charge in [-0.15, -0.1) is 11.3 Å². The van der Waals surface area contributed by atoms with Crippen LogP contribution in [-0.2, 0) is 9.84 Å². The minimum Gasteiger partial charge on any atom is -0.225 e. The summed E-state index contributed by atoms with van der Waals surface area (Å²) < 4.78 is 26.4. The number of nitrogens with zero attached hydrogens (tertiary/aromatic N) is 1. The summed E-state index contributed by atoms with van der Waals surface area (Å²) in [5, 5.41) is 0. The van der Waals surface area contributed by atoms with Gasteiger partial charge in [-0.05, 0) is 56.2 Å². The number of hydrogen-bond acceptors (Lipinski definition) is 4. The van der Waals surface area contributed by atoms with Crippen LogP contribution in [0, 0.1) is 5.41 Å². The van der Waals surface area contributed by atoms with Crippen molar-refractivity contribution >= 4 is 31.4 Å². The number of benzene rings is 1. The van der Waals surface area contributed by atoms with Gasteiger partial charge in [0, 0.05) is 0 Å². The van der Waals surface area contributed by atoms with Gasteiger partial charge in [-0.1, -0.05) is 55.4 Å². The predicted molar refractivity (Wildman–Crippen MR) is 115 cm³/mol. The maximum Gasteiger partial charge on any atom is 0.210 e. The summed E-state index contributed by atoms with van der Waals surface area (Å²) in [4.78, 5) is 4.29. The van der Waals surface area contributed by atoms with E-state index < -0.39 is 9.84 Å². The Hall–Kier alpha value is -1.72. The Morgan fingerprint density at radius 2 is 2.04 bits per heavy atom. The molecule has 0 N–H and O–H groups in total. The van der Waals surface area contributed by atoms with E-state index in [0.29, 0.717) is 0 Å². The quantitative estimate of drug-likeness (QED) is 0.569. The fourth-order valence-corrected chi connectivity index (χ4v) is 6.13. The number of allylic oxidation sites excluding steroid dienone is 5. The number of sulfone groups is 1. The first-order valence-corrected chi connectivity index (χ1v) is 11.8. The highest BCUT2D eigenvalue weighted by molar-refractivity contribution is 7.93. The molecule has 0 fully saturated rings. The summed E-state index contributed by atoms with van der Waals surface area (Å²) in [6, 6.07) is 7.51. The van der Waals surface area contributed by atoms with Gasteiger partial charge >= 0.3 is 0 Å². The van der Waals surface area contributed by atoms with Gasteiger partial charge in [-0.2, -0.15) is 0 Å². The molecule has 3 nitrogen and oxygen atoms in total. The van der Waals surface area contributed by atoms with Gasteiger partial charge in [0.25, 0.3) is 0 Å². The van der Waals surface area contributed by atoms with E-state index in [1.807, 2.05) is 37.3 Å². The molecule has 0 unspecified atom stereocenters. The van der Waals surface area contributed by atoms with Crippen LogP contribution in [0.4, 0.5) is 0 Å². The Labute approximate surface area is 166 Å². The van der Waals surface area contributed by atoms with Gasteiger partial charge in [0.1, 0.15) is 0 Å². The number of rotatable bonds is 5. The molecular formula is C22H27NO2S2. The van der Waals surface area contributed by atoms with E-state index >= 15 is 0 Å². The van der Waals surface area contributed by atoms with Crippen LogP contribution in [0.2, 0.25) is 0 Å². The van der Waals surface area contributed by atoms with Crippen molar-refractivity contribution in [3.8, 4) is 0 Å². The molecule has 27 heavy (non-hydrogen) atoms. The smallest absolute Gasteiger partial charge is 0.210 e. The van der Waals surface area contributed by atoms with Crippen molar-refractivity contribution in [1.29, 1.82) is 0 Å². The van der Waals surface area contributed by atoms with Crippen LogP contribution in [0.25, 0.3) is 10.2 Å². The lowest BCUT2D eigenvalue weighted by atomic mass is 9.72. The molecule has 1 aromatic heterocycles. The monoisotopic (exact) mass is 401 g/mol. The molecule has 0 saturated carbocycles. The zero-order valence-corrected chi connectivity index (χ0v) is 18.1. The molecule has 0 spiro atoms. The van der Waals surface area contributed by atoms with Gasteiger partial charge in [0.2, 0.25) is 14.2 Å². The highest BCUT2D eigenvalue weighted by Crippen LogP contribution is 2.40. The Morgan fingerprint density at radius 1 is 1.30 bits per heavy atom. The summed E-state index contributed by atoms with van der Waals surface area (Å²) in [5.74, 6) is -0.0234. The Balaban J connectivity index is 1.76. The van der Waals surface area contributed by atoms with Crippen molar-refractivity contribution < 1.29 is 8.42 Å². The van der Waals surface area contributed by atoms with E-state index in [1.165, 1.54) is 35.3 Å². The molecule has 0 bridgehead atoms. The van der Waals surface area contributed by atoms with Gasteiger partial charge < -0.3 is 0 Å². The van der Waals surface area contributed by atoms with Crippen LogP contribution < -0.4 is 0 Å². The van der Waals surface area contributed by atoms with Crippen molar-refractivity contribution in [3.63, 3.8) is 0 Å². The normalized spacial score (nSPS) is 18.6. The zero-order chi connectivity index (χ0) is 19.7. The molecular weight excluding hydrogens is 374 g/mol. The van der Waals surface area contributed by atoms with Gasteiger partial charge in [-0.3, -0.25) is 0 Å². The van der Waals surface area contributed by atoms with Crippen molar-refractivity contribution in [2.24, 2.45) is 5.41 Å². The molecule has 1 aromatic carbocycles. The molecule has 0 saturated heterocycles. The van der Waals surface area contributed by atoms with Gasteiger partial charge in [0.15, 0.2) is 0 Å². The molecule has 1 aliphatic carbocycles. The van der Waals surface area contributed by atoms with Crippen LogP contribution in [0.15, 0.2) is 63.6 Å². The van der Waals surface area contributed by atoms with E-state index in [4.69, 9.17) is 0 Å². The lowest BCUT2D eigenvalue weighted by molar-refractivity contribution is 0.377. The molecule has 1 aliphatic rings. The molecule has 0 aliphatic heterocycles. The van der Waals surface area contributed by atoms with E-state index in [-0.39, 0.29) is 15.5 Å². The molecule has 144 valence electrons. The maximum atomic E-state index is 12.6. The van der Waals surface area contributed by atoms with Crippen molar-refractivity contribution in [2.75, 3.05) is 5.75 Å². The van der Waals surface area contributed by atoms with E-state index in [1.54, 1.807) is 6.08 Å². The Bertz CT molecular complexity index is 1000. The predicted octanol–water partition coefficient (Wildman–Crippen LogP) is 6.10. The molecule has 2 aromatic rings. The number of thiazole rings is 1. The van der Waals surface area contributed by atoms with Crippen molar-refractivity contribution in [3.05, 3.63) is 59.2 Å². The van der Waals surface area contributed by atoms with Crippen LogP contribution >= 0.6 is 11.3 Å². The number of aromatic nitrogens is 1. The summed E-state index contributed by atoms with van der Waals surface area (Å²) in [6.07, 6.45) is 9.58. The standard InChI is InChI=1S/C22H27NO2S2/c1-16(11-12-18-17(2)8-7-14-22(18,3)4)13-15-27(24,25)21-23-19-9-5-6-10-20(19)26-21/h5-6,9-13H,7-8,14-15H2,1-4H3. The largest absolute Gasteiger partial charge is 0.225 e. The summed E-state index contributed by atoms with van der Waals surface area (Å²) in [6.45, 7) is 8.73. The lowest BCUT2D eigenvalue weighted by Gasteiger charge is -2.32. The zero-order valence-electron chi connectivity index (χ0n) is 16.5. The highest BCUT2D eigenvalue weighted by atomic mass is 32.2. The van der Waals surface area contributed by atoms with E-state index in [2.05, 4.69) is 31.8 Å². The second-order valence-corrected chi connectivity index (χ2v) is 11.2. The van der Waals surface area contributed by atoms with Crippen LogP contribution in [0.1, 0.15) is 47.0 Å². The Kier molecular flexibility index (Phi) is 5.73. The first-order chi connectivity index (χ1) is 12.7. The van der Waals surface area contributed by atoms with Crippen molar-refractivity contribution in [1.82, 2.24) is 4.98 Å². The minimum atomic E-state index is -3.41. The van der Waals surface area contributed by atoms with E-state index in [9.17, 15) is 8.42 Å². The van der Waals surface area contributed by atoms with Crippen molar-refractivity contribution in [2.45, 2.75) is 51.3 Å². The first-order valence-electron chi connectivity index (χ1n) is 9.32. The fraction of sp³-hybridized carbons (Fsp3) is 0.409. The molecule has 3 rings (SSSR count). The third-order valence-electron chi connectivity index (χ3n) is 5.22. The number of para-hydroxylation sites is 1. The third kappa shape index (κ3) is 4.58. The third-order valence-corrected chi connectivity index (χ3v) is 8.29. The molecule has 0 amide bonds. The highest BCUT2D eigenvalue weighted by Gasteiger charge is 2.26. The second-order valence-electron chi connectivity index (χ2n) is 7.94. The topological polar surface area (TPSA) is 47.0 Å². The van der Waals surface area contributed by atoms with E-state index in [0.717, 1.165) is 22.2 Å². The van der Waals surface area contributed by atoms with Crippen LogP contribution in [0.3, 0.4) is 0 Å².